The predicted octanol–water partition coefficient (Wildman–Crippen LogP) is 4.67. The van der Waals surface area contributed by atoms with Crippen molar-refractivity contribution in [1.82, 2.24) is 9.55 Å². The van der Waals surface area contributed by atoms with Gasteiger partial charge in [0.15, 0.2) is 0 Å². The molecular formula is C24H29N3O2. The van der Waals surface area contributed by atoms with Crippen LogP contribution in [0.15, 0.2) is 60.7 Å². The highest BCUT2D eigenvalue weighted by molar-refractivity contribution is 5.64. The van der Waals surface area contributed by atoms with Crippen LogP contribution >= 0.6 is 0 Å². The van der Waals surface area contributed by atoms with Gasteiger partial charge in [-0.2, -0.15) is 0 Å². The number of aryl methyl sites for hydroxylation is 1. The molecule has 5 nitrogen and oxygen atoms in total. The monoisotopic (exact) mass is 391 g/mol. The van der Waals surface area contributed by atoms with E-state index in [1.165, 1.54) is 16.8 Å². The first kappa shape index (κ1) is 20.6. The lowest BCUT2D eigenvalue weighted by Gasteiger charge is -2.14. The van der Waals surface area contributed by atoms with Crippen molar-refractivity contribution >= 4 is 6.09 Å². The van der Waals surface area contributed by atoms with Crippen LogP contribution in [-0.4, -0.2) is 22.3 Å². The largest absolute Gasteiger partial charge is 0.450 e. The van der Waals surface area contributed by atoms with Crippen LogP contribution in [0.25, 0.3) is 0 Å². The van der Waals surface area contributed by atoms with Gasteiger partial charge in [-0.15, -0.1) is 0 Å². The number of carbonyl (C=O) groups is 1. The number of ether oxygens (including phenoxy) is 1. The second-order valence-electron chi connectivity index (χ2n) is 7.52. The number of hydrogen-bond donors (Lipinski definition) is 1. The third kappa shape index (κ3) is 5.70. The van der Waals surface area contributed by atoms with Gasteiger partial charge in [-0.1, -0.05) is 74.5 Å². The Morgan fingerprint density at radius 1 is 1.03 bits per heavy atom. The quantitative estimate of drug-likeness (QED) is 0.539. The van der Waals surface area contributed by atoms with Gasteiger partial charge in [0.1, 0.15) is 5.82 Å². The summed E-state index contributed by atoms with van der Waals surface area (Å²) in [5, 5.41) is 0. The molecule has 0 spiro atoms. The molecule has 152 valence electrons. The number of carbonyl (C=O) groups excluding carboxylic acids is 1. The topological polar surface area (TPSA) is 70.1 Å². The number of amides is 1. The summed E-state index contributed by atoms with van der Waals surface area (Å²) < 4.78 is 7.24. The van der Waals surface area contributed by atoms with Gasteiger partial charge in [0.2, 0.25) is 0 Å². The van der Waals surface area contributed by atoms with Crippen LogP contribution in [-0.2, 0) is 24.1 Å². The average Bonchev–Trinajstić information content (AvgIpc) is 3.04. The fourth-order valence-electron chi connectivity index (χ4n) is 3.54. The van der Waals surface area contributed by atoms with E-state index in [4.69, 9.17) is 15.5 Å². The maximum Gasteiger partial charge on any atom is 0.404 e. The molecule has 0 unspecified atom stereocenters. The number of aromatic nitrogens is 2. The van der Waals surface area contributed by atoms with Crippen molar-refractivity contribution in [2.24, 2.45) is 5.73 Å². The van der Waals surface area contributed by atoms with Gasteiger partial charge in [0.05, 0.1) is 12.3 Å². The summed E-state index contributed by atoms with van der Waals surface area (Å²) in [7, 11) is 0. The number of imidazole rings is 1. The lowest BCUT2D eigenvalue weighted by atomic mass is 10.0. The van der Waals surface area contributed by atoms with E-state index < -0.39 is 6.09 Å². The van der Waals surface area contributed by atoms with Gasteiger partial charge in [-0.05, 0) is 23.5 Å². The maximum atomic E-state index is 10.8. The Hall–Kier alpha value is -3.08. The highest BCUT2D eigenvalue weighted by atomic mass is 16.5. The molecule has 0 aliphatic heterocycles. The van der Waals surface area contributed by atoms with Crippen LogP contribution in [0.4, 0.5) is 4.79 Å². The number of nitrogens with zero attached hydrogens (tertiary/aromatic N) is 2. The second kappa shape index (κ2) is 9.92. The van der Waals surface area contributed by atoms with Crippen molar-refractivity contribution in [1.29, 1.82) is 0 Å². The van der Waals surface area contributed by atoms with Crippen molar-refractivity contribution in [3.8, 4) is 0 Å². The normalized spacial score (nSPS) is 11.0. The summed E-state index contributed by atoms with van der Waals surface area (Å²) in [5.41, 5.74) is 9.97. The van der Waals surface area contributed by atoms with E-state index in [1.807, 2.05) is 12.1 Å². The molecule has 2 aromatic carbocycles. The first-order valence-electron chi connectivity index (χ1n) is 10.1. The number of rotatable bonds is 9. The Labute approximate surface area is 172 Å². The number of nitrogens with two attached hydrogens (primary N) is 1. The molecule has 0 saturated carbocycles. The van der Waals surface area contributed by atoms with Crippen LogP contribution in [0.3, 0.4) is 0 Å². The molecule has 3 aromatic rings. The minimum absolute atomic E-state index is 0.304. The summed E-state index contributed by atoms with van der Waals surface area (Å²) >= 11 is 0. The van der Waals surface area contributed by atoms with Gasteiger partial charge in [-0.3, -0.25) is 0 Å². The van der Waals surface area contributed by atoms with E-state index in [1.54, 1.807) is 0 Å². The van der Waals surface area contributed by atoms with Crippen molar-refractivity contribution in [3.05, 3.63) is 89.0 Å². The van der Waals surface area contributed by atoms with Crippen molar-refractivity contribution in [2.75, 3.05) is 6.61 Å². The third-order valence-electron chi connectivity index (χ3n) is 4.92. The first-order chi connectivity index (χ1) is 14.0. The molecule has 1 aromatic heterocycles. The molecule has 1 amide bonds. The number of benzene rings is 2. The Morgan fingerprint density at radius 3 is 2.24 bits per heavy atom. The van der Waals surface area contributed by atoms with Gasteiger partial charge >= 0.3 is 6.09 Å². The van der Waals surface area contributed by atoms with Gasteiger partial charge in [-0.25, -0.2) is 9.78 Å². The van der Waals surface area contributed by atoms with Crippen LogP contribution < -0.4 is 5.73 Å². The summed E-state index contributed by atoms with van der Waals surface area (Å²) in [6.45, 7) is 5.45. The minimum Gasteiger partial charge on any atom is -0.450 e. The molecule has 0 saturated heterocycles. The van der Waals surface area contributed by atoms with Crippen LogP contribution in [0, 0.1) is 0 Å². The fraction of sp³-hybridized carbons (Fsp3) is 0.333. The Balaban J connectivity index is 1.94. The average molecular weight is 392 g/mol. The fourth-order valence-corrected chi connectivity index (χ4v) is 3.54. The number of primary amides is 1. The van der Waals surface area contributed by atoms with E-state index in [0.717, 1.165) is 30.9 Å². The highest BCUT2D eigenvalue weighted by Gasteiger charge is 2.19. The summed E-state index contributed by atoms with van der Waals surface area (Å²) in [4.78, 5) is 15.9. The standard InChI is InChI=1S/C24H29N3O2/c1-18(2)23-21(16-19-10-5-3-6-11-19)27(17-20-12-7-4-8-13-20)22(26-23)14-9-15-29-24(25)28/h3-8,10-13,18H,9,14-17H2,1-2H3,(H2,25,28). The zero-order chi connectivity index (χ0) is 20.6. The minimum atomic E-state index is -0.731. The van der Waals surface area contributed by atoms with E-state index in [2.05, 4.69) is 66.9 Å². The zero-order valence-electron chi connectivity index (χ0n) is 17.2. The van der Waals surface area contributed by atoms with E-state index in [-0.39, 0.29) is 0 Å². The molecule has 29 heavy (non-hydrogen) atoms. The van der Waals surface area contributed by atoms with E-state index >= 15 is 0 Å². The highest BCUT2D eigenvalue weighted by Crippen LogP contribution is 2.25. The third-order valence-corrected chi connectivity index (χ3v) is 4.92. The van der Waals surface area contributed by atoms with Crippen LogP contribution in [0.5, 0.6) is 0 Å². The lowest BCUT2D eigenvalue weighted by Crippen LogP contribution is -2.15. The molecule has 2 N–H and O–H groups in total. The van der Waals surface area contributed by atoms with Gasteiger partial charge in [0.25, 0.3) is 0 Å². The van der Waals surface area contributed by atoms with E-state index in [9.17, 15) is 4.79 Å². The molecule has 1 heterocycles. The summed E-state index contributed by atoms with van der Waals surface area (Å²) in [6.07, 6.45) is 1.53. The van der Waals surface area contributed by atoms with Gasteiger partial charge < -0.3 is 15.0 Å². The van der Waals surface area contributed by atoms with E-state index in [0.29, 0.717) is 18.9 Å². The summed E-state index contributed by atoms with van der Waals surface area (Å²) in [5.74, 6) is 1.35. The Morgan fingerprint density at radius 2 is 1.66 bits per heavy atom. The molecule has 0 fully saturated rings. The molecule has 3 rings (SSSR count). The Bertz CT molecular complexity index is 918. The lowest BCUT2D eigenvalue weighted by molar-refractivity contribution is 0.155. The molecule has 5 heteroatoms. The van der Waals surface area contributed by atoms with Crippen molar-refractivity contribution < 1.29 is 9.53 Å². The van der Waals surface area contributed by atoms with Crippen LogP contribution in [0.1, 0.15) is 54.5 Å². The molecule has 0 radical (unpaired) electrons. The molecule has 0 aliphatic carbocycles. The molecule has 0 atom stereocenters. The number of hydrogen-bond acceptors (Lipinski definition) is 3. The van der Waals surface area contributed by atoms with Crippen molar-refractivity contribution in [3.63, 3.8) is 0 Å². The van der Waals surface area contributed by atoms with Crippen LogP contribution in [0.2, 0.25) is 0 Å². The molecule has 0 aliphatic rings. The second-order valence-corrected chi connectivity index (χ2v) is 7.52. The molecule has 0 bridgehead atoms. The van der Waals surface area contributed by atoms with Crippen molar-refractivity contribution in [2.45, 2.75) is 45.6 Å². The Kier molecular flexibility index (Phi) is 7.06. The molecular weight excluding hydrogens is 362 g/mol. The first-order valence-corrected chi connectivity index (χ1v) is 10.1. The van der Waals surface area contributed by atoms with Gasteiger partial charge in [0, 0.05) is 25.1 Å². The summed E-state index contributed by atoms with van der Waals surface area (Å²) in [6, 6.07) is 20.9. The maximum absolute atomic E-state index is 10.8. The predicted molar refractivity (Wildman–Crippen MR) is 115 cm³/mol. The smallest absolute Gasteiger partial charge is 0.404 e. The SMILES string of the molecule is CC(C)c1nc(CCCOC(N)=O)n(Cc2ccccc2)c1Cc1ccccc1. The zero-order valence-corrected chi connectivity index (χ0v) is 17.2.